The van der Waals surface area contributed by atoms with Gasteiger partial charge in [0.05, 0.1) is 17.1 Å². The predicted octanol–water partition coefficient (Wildman–Crippen LogP) is 4.74. The number of thiocarbonyl (C=S) groups is 1. The van der Waals surface area contributed by atoms with Crippen LogP contribution in [0.4, 0.5) is 0 Å². The van der Waals surface area contributed by atoms with E-state index in [-0.39, 0.29) is 5.12 Å². The summed E-state index contributed by atoms with van der Waals surface area (Å²) in [7, 11) is 0. The van der Waals surface area contributed by atoms with Crippen molar-refractivity contribution in [2.45, 2.75) is 13.8 Å². The molecule has 0 saturated heterocycles. The number of hydrogen-bond acceptors (Lipinski definition) is 4. The molecule has 2 aromatic carbocycles. The van der Waals surface area contributed by atoms with E-state index in [1.165, 1.54) is 0 Å². The van der Waals surface area contributed by atoms with Crippen molar-refractivity contribution in [2.24, 2.45) is 5.41 Å². The minimum atomic E-state index is -1.06. The maximum atomic E-state index is 12.3. The summed E-state index contributed by atoms with van der Waals surface area (Å²) in [6.45, 7) is 3.22. The lowest BCUT2D eigenvalue weighted by Crippen LogP contribution is -2.21. The van der Waals surface area contributed by atoms with Gasteiger partial charge in [0.1, 0.15) is 5.41 Å². The molecule has 23 heavy (non-hydrogen) atoms. The Labute approximate surface area is 143 Å². The molecule has 0 aliphatic heterocycles. The van der Waals surface area contributed by atoms with E-state index in [4.69, 9.17) is 17.5 Å². The van der Waals surface area contributed by atoms with Crippen molar-refractivity contribution in [1.29, 1.82) is 5.26 Å². The third kappa shape index (κ3) is 2.65. The zero-order chi connectivity index (χ0) is 16.6. The summed E-state index contributed by atoms with van der Waals surface area (Å²) < 4.78 is 2.35. The number of thioether (sulfide) groups is 1. The van der Waals surface area contributed by atoms with Crippen molar-refractivity contribution in [3.05, 3.63) is 48.5 Å². The van der Waals surface area contributed by atoms with E-state index >= 15 is 0 Å². The number of rotatable bonds is 1. The van der Waals surface area contributed by atoms with Crippen molar-refractivity contribution in [3.63, 3.8) is 0 Å². The van der Waals surface area contributed by atoms with E-state index in [9.17, 15) is 4.79 Å². The SMILES string of the molecule is CC(C)(C#N)C(=O)SC(=S)n1c2ccccc2c2ccccc21. The van der Waals surface area contributed by atoms with Gasteiger partial charge >= 0.3 is 0 Å². The Morgan fingerprint density at radius 3 is 2.04 bits per heavy atom. The highest BCUT2D eigenvalue weighted by molar-refractivity contribution is 8.33. The van der Waals surface area contributed by atoms with Gasteiger partial charge in [0.25, 0.3) is 0 Å². The Hall–Kier alpha value is -2.16. The largest absolute Gasteiger partial charge is 0.294 e. The average molecular weight is 338 g/mol. The minimum Gasteiger partial charge on any atom is -0.294 e. The van der Waals surface area contributed by atoms with Crippen LogP contribution in [0.3, 0.4) is 0 Å². The highest BCUT2D eigenvalue weighted by atomic mass is 32.2. The van der Waals surface area contributed by atoms with Gasteiger partial charge in [0, 0.05) is 10.8 Å². The van der Waals surface area contributed by atoms with Crippen molar-refractivity contribution in [3.8, 4) is 6.07 Å². The molecule has 0 atom stereocenters. The first-order valence-corrected chi connectivity index (χ1v) is 8.34. The smallest absolute Gasteiger partial charge is 0.215 e. The summed E-state index contributed by atoms with van der Waals surface area (Å²) in [5, 5.41) is 11.1. The van der Waals surface area contributed by atoms with E-state index in [1.54, 1.807) is 13.8 Å². The van der Waals surface area contributed by atoms with Gasteiger partial charge < -0.3 is 0 Å². The van der Waals surface area contributed by atoms with Gasteiger partial charge in [-0.1, -0.05) is 48.6 Å². The van der Waals surface area contributed by atoms with Crippen LogP contribution >= 0.6 is 24.0 Å². The van der Waals surface area contributed by atoms with Gasteiger partial charge in [0.15, 0.2) is 4.32 Å². The molecule has 1 aromatic heterocycles. The van der Waals surface area contributed by atoms with Crippen LogP contribution in [0.25, 0.3) is 21.8 Å². The number of benzene rings is 2. The fraction of sp³-hybridized carbons (Fsp3) is 0.167. The number of hydrogen-bond donors (Lipinski definition) is 0. The molecule has 1 heterocycles. The maximum Gasteiger partial charge on any atom is 0.215 e. The Morgan fingerprint density at radius 1 is 1.09 bits per heavy atom. The first kappa shape index (κ1) is 15.7. The minimum absolute atomic E-state index is 0.244. The highest BCUT2D eigenvalue weighted by Crippen LogP contribution is 2.32. The maximum absolute atomic E-state index is 12.3. The van der Waals surface area contributed by atoms with Crippen LogP contribution in [-0.2, 0) is 4.79 Å². The van der Waals surface area contributed by atoms with Crippen LogP contribution in [0.1, 0.15) is 13.8 Å². The van der Waals surface area contributed by atoms with Crippen LogP contribution in [0, 0.1) is 16.7 Å². The van der Waals surface area contributed by atoms with Crippen LogP contribution in [0.5, 0.6) is 0 Å². The third-order valence-electron chi connectivity index (χ3n) is 3.73. The average Bonchev–Trinajstić information content (AvgIpc) is 2.89. The highest BCUT2D eigenvalue weighted by Gasteiger charge is 2.29. The van der Waals surface area contributed by atoms with Crippen LogP contribution in [0.15, 0.2) is 48.5 Å². The van der Waals surface area contributed by atoms with Crippen molar-refractivity contribution in [2.75, 3.05) is 0 Å². The Kier molecular flexibility index (Phi) is 3.97. The number of fused-ring (bicyclic) bond motifs is 3. The van der Waals surface area contributed by atoms with E-state index in [1.807, 2.05) is 59.2 Å². The summed E-state index contributed by atoms with van der Waals surface area (Å²) in [6, 6.07) is 18.0. The number of nitriles is 1. The van der Waals surface area contributed by atoms with Crippen molar-refractivity contribution in [1.82, 2.24) is 4.57 Å². The molecular weight excluding hydrogens is 324 g/mol. The Bertz CT molecular complexity index is 926. The molecule has 0 aliphatic rings. The zero-order valence-corrected chi connectivity index (χ0v) is 14.4. The summed E-state index contributed by atoms with van der Waals surface area (Å²) in [5.74, 6) is 0. The van der Waals surface area contributed by atoms with Gasteiger partial charge in [-0.3, -0.25) is 9.36 Å². The molecule has 0 N–H and O–H groups in total. The molecule has 0 amide bonds. The zero-order valence-electron chi connectivity index (χ0n) is 12.7. The summed E-state index contributed by atoms with van der Waals surface area (Å²) in [4.78, 5) is 12.3. The quantitative estimate of drug-likeness (QED) is 0.601. The number of nitrogens with zero attached hydrogens (tertiary/aromatic N) is 2. The van der Waals surface area contributed by atoms with Gasteiger partial charge in [-0.05, 0) is 37.7 Å². The topological polar surface area (TPSA) is 45.8 Å². The molecule has 3 aromatic rings. The van der Waals surface area contributed by atoms with Gasteiger partial charge in [-0.25, -0.2) is 0 Å². The molecule has 0 unspecified atom stereocenters. The fourth-order valence-electron chi connectivity index (χ4n) is 2.42. The predicted molar refractivity (Wildman–Crippen MR) is 99.4 cm³/mol. The first-order valence-electron chi connectivity index (χ1n) is 7.12. The molecule has 114 valence electrons. The number of aromatic nitrogens is 1. The monoisotopic (exact) mass is 338 g/mol. The molecule has 0 radical (unpaired) electrons. The summed E-state index contributed by atoms with van der Waals surface area (Å²) in [5.41, 5.74) is 0.871. The molecule has 3 rings (SSSR count). The third-order valence-corrected chi connectivity index (χ3v) is 5.22. The Morgan fingerprint density at radius 2 is 1.57 bits per heavy atom. The lowest BCUT2D eigenvalue weighted by Gasteiger charge is -2.14. The molecule has 0 saturated carbocycles. The second kappa shape index (κ2) is 5.80. The van der Waals surface area contributed by atoms with E-state index in [0.717, 1.165) is 33.6 Å². The number of carbonyl (C=O) groups is 1. The lowest BCUT2D eigenvalue weighted by molar-refractivity contribution is -0.115. The number of para-hydroxylation sites is 2. The summed E-state index contributed by atoms with van der Waals surface area (Å²) >= 11 is 6.47. The van der Waals surface area contributed by atoms with Gasteiger partial charge in [-0.15, -0.1) is 0 Å². The van der Waals surface area contributed by atoms with E-state index in [2.05, 4.69) is 0 Å². The normalized spacial score (nSPS) is 11.5. The fourth-order valence-corrected chi connectivity index (χ4v) is 3.59. The van der Waals surface area contributed by atoms with Crippen molar-refractivity contribution >= 4 is 55.2 Å². The second-order valence-electron chi connectivity index (χ2n) is 5.76. The number of carbonyl (C=O) groups excluding carboxylic acids is 1. The molecule has 0 aliphatic carbocycles. The van der Waals surface area contributed by atoms with Gasteiger partial charge in [-0.2, -0.15) is 5.26 Å². The van der Waals surface area contributed by atoms with E-state index < -0.39 is 5.41 Å². The molecule has 0 bridgehead atoms. The lowest BCUT2D eigenvalue weighted by atomic mass is 9.98. The van der Waals surface area contributed by atoms with Crippen LogP contribution in [-0.4, -0.2) is 14.0 Å². The Balaban J connectivity index is 2.14. The summed E-state index contributed by atoms with van der Waals surface area (Å²) in [6.07, 6.45) is 0. The molecule has 0 fully saturated rings. The van der Waals surface area contributed by atoms with Crippen LogP contribution < -0.4 is 0 Å². The molecule has 3 nitrogen and oxygen atoms in total. The van der Waals surface area contributed by atoms with E-state index in [0.29, 0.717) is 4.32 Å². The second-order valence-corrected chi connectivity index (χ2v) is 7.37. The standard InChI is InChI=1S/C18H14N2OS2/c1-18(2,11-19)16(21)23-17(22)20-14-9-5-3-7-12(14)13-8-4-6-10-15(13)20/h3-10H,1-2H3. The van der Waals surface area contributed by atoms with Crippen molar-refractivity contribution < 1.29 is 4.79 Å². The first-order chi connectivity index (χ1) is 11.0. The van der Waals surface area contributed by atoms with Gasteiger partial charge in [0.2, 0.25) is 5.12 Å². The molecular formula is C18H14N2OS2. The van der Waals surface area contributed by atoms with Crippen LogP contribution in [0.2, 0.25) is 0 Å². The molecule has 0 spiro atoms. The molecule has 5 heteroatoms.